The Kier molecular flexibility index (Phi) is 5.29. The van der Waals surface area contributed by atoms with E-state index in [-0.39, 0.29) is 11.8 Å². The molecule has 0 radical (unpaired) electrons. The predicted molar refractivity (Wildman–Crippen MR) is 95.6 cm³/mol. The van der Waals surface area contributed by atoms with Gasteiger partial charge in [0.1, 0.15) is 17.7 Å². The topological polar surface area (TPSA) is 84.2 Å². The summed E-state index contributed by atoms with van der Waals surface area (Å²) in [4.78, 5) is 36.4. The number of aryl methyl sites for hydroxylation is 1. The van der Waals surface area contributed by atoms with Crippen LogP contribution in [0, 0.1) is 5.92 Å². The monoisotopic (exact) mass is 356 g/mol. The largest absolute Gasteiger partial charge is 0.343 e. The van der Waals surface area contributed by atoms with E-state index in [1.165, 1.54) is 11.2 Å². The molecule has 3 heterocycles. The average molecular weight is 356 g/mol. The standard InChI is InChI=1S/C18H24N6O2/c1-22(2)17(25)16-10-14(19-12-20-16)9-13-5-4-7-24(11-13)18(26)15-6-8-23(3)21-15/h6,8,10,12-13H,4-5,7,9,11H2,1-3H3. The van der Waals surface area contributed by atoms with Gasteiger partial charge in [-0.1, -0.05) is 0 Å². The fourth-order valence-electron chi connectivity index (χ4n) is 3.26. The molecule has 2 amide bonds. The Morgan fingerprint density at radius 1 is 1.27 bits per heavy atom. The molecule has 26 heavy (non-hydrogen) atoms. The molecule has 0 N–H and O–H groups in total. The van der Waals surface area contributed by atoms with Crippen LogP contribution in [0.3, 0.4) is 0 Å². The zero-order chi connectivity index (χ0) is 18.7. The molecule has 0 aliphatic carbocycles. The van der Waals surface area contributed by atoms with Crippen molar-refractivity contribution in [1.82, 2.24) is 29.5 Å². The second-order valence-corrected chi connectivity index (χ2v) is 6.93. The normalized spacial score (nSPS) is 17.2. The Hall–Kier alpha value is -2.77. The molecule has 1 unspecified atom stereocenters. The van der Waals surface area contributed by atoms with Gasteiger partial charge in [0.2, 0.25) is 0 Å². The number of carbonyl (C=O) groups excluding carboxylic acids is 2. The summed E-state index contributed by atoms with van der Waals surface area (Å²) in [5, 5.41) is 4.21. The summed E-state index contributed by atoms with van der Waals surface area (Å²) >= 11 is 0. The summed E-state index contributed by atoms with van der Waals surface area (Å²) in [6.07, 6.45) is 5.93. The van der Waals surface area contributed by atoms with Gasteiger partial charge in [-0.15, -0.1) is 0 Å². The Labute approximate surface area is 152 Å². The van der Waals surface area contributed by atoms with Gasteiger partial charge in [-0.2, -0.15) is 5.10 Å². The molecule has 0 aromatic carbocycles. The first kappa shape index (κ1) is 18.0. The van der Waals surface area contributed by atoms with Gasteiger partial charge in [0.25, 0.3) is 11.8 Å². The van der Waals surface area contributed by atoms with E-state index in [4.69, 9.17) is 0 Å². The smallest absolute Gasteiger partial charge is 0.274 e. The van der Waals surface area contributed by atoms with Gasteiger partial charge in [0.05, 0.1) is 0 Å². The Morgan fingerprint density at radius 3 is 2.77 bits per heavy atom. The summed E-state index contributed by atoms with van der Waals surface area (Å²) in [5.41, 5.74) is 1.72. The first-order valence-electron chi connectivity index (χ1n) is 8.75. The van der Waals surface area contributed by atoms with Crippen LogP contribution in [0.15, 0.2) is 24.7 Å². The molecular formula is C18H24N6O2. The third-order valence-electron chi connectivity index (χ3n) is 4.59. The van der Waals surface area contributed by atoms with Gasteiger partial charge in [-0.3, -0.25) is 14.3 Å². The molecule has 138 valence electrons. The predicted octanol–water partition coefficient (Wildman–Crippen LogP) is 1.01. The van der Waals surface area contributed by atoms with E-state index in [1.807, 2.05) is 4.90 Å². The minimum Gasteiger partial charge on any atom is -0.343 e. The van der Waals surface area contributed by atoms with Crippen molar-refractivity contribution >= 4 is 11.8 Å². The van der Waals surface area contributed by atoms with Crippen molar-refractivity contribution in [2.75, 3.05) is 27.2 Å². The van der Waals surface area contributed by atoms with E-state index < -0.39 is 0 Å². The lowest BCUT2D eigenvalue weighted by Gasteiger charge is -2.32. The number of hydrogen-bond acceptors (Lipinski definition) is 5. The van der Waals surface area contributed by atoms with Crippen molar-refractivity contribution < 1.29 is 9.59 Å². The maximum atomic E-state index is 12.6. The molecule has 8 heteroatoms. The number of likely N-dealkylation sites (tertiary alicyclic amines) is 1. The second-order valence-electron chi connectivity index (χ2n) is 6.93. The molecule has 1 fully saturated rings. The summed E-state index contributed by atoms with van der Waals surface area (Å²) < 4.78 is 1.64. The van der Waals surface area contributed by atoms with E-state index in [9.17, 15) is 9.59 Å². The van der Waals surface area contributed by atoms with Gasteiger partial charge >= 0.3 is 0 Å². The zero-order valence-electron chi connectivity index (χ0n) is 15.4. The lowest BCUT2D eigenvalue weighted by Crippen LogP contribution is -2.40. The Balaban J connectivity index is 1.66. The number of hydrogen-bond donors (Lipinski definition) is 0. The summed E-state index contributed by atoms with van der Waals surface area (Å²) in [6.45, 7) is 1.43. The molecule has 2 aromatic rings. The molecule has 3 rings (SSSR count). The highest BCUT2D eigenvalue weighted by atomic mass is 16.2. The maximum Gasteiger partial charge on any atom is 0.274 e. The number of aromatic nitrogens is 4. The van der Waals surface area contributed by atoms with Crippen LogP contribution < -0.4 is 0 Å². The highest BCUT2D eigenvalue weighted by Gasteiger charge is 2.26. The maximum absolute atomic E-state index is 12.6. The van der Waals surface area contributed by atoms with Crippen LogP contribution in [0.4, 0.5) is 0 Å². The lowest BCUT2D eigenvalue weighted by molar-refractivity contribution is 0.0666. The minimum absolute atomic E-state index is 0.0264. The summed E-state index contributed by atoms with van der Waals surface area (Å²) in [6, 6.07) is 3.50. The van der Waals surface area contributed by atoms with Gasteiger partial charge in [-0.25, -0.2) is 9.97 Å². The number of carbonyl (C=O) groups is 2. The van der Waals surface area contributed by atoms with Crippen LogP contribution in [0.2, 0.25) is 0 Å². The van der Waals surface area contributed by atoms with Gasteiger partial charge in [0, 0.05) is 46.1 Å². The average Bonchev–Trinajstić information content (AvgIpc) is 3.07. The minimum atomic E-state index is -0.135. The van der Waals surface area contributed by atoms with Crippen LogP contribution in [-0.4, -0.2) is 68.5 Å². The zero-order valence-corrected chi connectivity index (χ0v) is 15.4. The van der Waals surface area contributed by atoms with Crippen LogP contribution >= 0.6 is 0 Å². The van der Waals surface area contributed by atoms with Crippen molar-refractivity contribution in [2.45, 2.75) is 19.3 Å². The van der Waals surface area contributed by atoms with Crippen molar-refractivity contribution in [1.29, 1.82) is 0 Å². The number of rotatable bonds is 4. The summed E-state index contributed by atoms with van der Waals surface area (Å²) in [5.74, 6) is 0.152. The van der Waals surface area contributed by atoms with Crippen molar-refractivity contribution in [3.8, 4) is 0 Å². The molecule has 2 aromatic heterocycles. The number of piperidine rings is 1. The first-order valence-corrected chi connectivity index (χ1v) is 8.75. The first-order chi connectivity index (χ1) is 12.4. The van der Waals surface area contributed by atoms with Gasteiger partial charge < -0.3 is 9.80 Å². The summed E-state index contributed by atoms with van der Waals surface area (Å²) in [7, 11) is 5.20. The highest BCUT2D eigenvalue weighted by molar-refractivity contribution is 5.92. The Bertz CT molecular complexity index is 800. The second kappa shape index (κ2) is 7.63. The van der Waals surface area contributed by atoms with Crippen molar-refractivity contribution in [2.24, 2.45) is 13.0 Å². The van der Waals surface area contributed by atoms with E-state index in [0.717, 1.165) is 31.5 Å². The van der Waals surface area contributed by atoms with Crippen molar-refractivity contribution in [3.05, 3.63) is 41.7 Å². The third kappa shape index (κ3) is 4.07. The van der Waals surface area contributed by atoms with E-state index in [2.05, 4.69) is 15.1 Å². The van der Waals surface area contributed by atoms with Crippen LogP contribution in [0.5, 0.6) is 0 Å². The molecule has 0 saturated carbocycles. The van der Waals surface area contributed by atoms with E-state index in [0.29, 0.717) is 23.9 Å². The van der Waals surface area contributed by atoms with Crippen LogP contribution in [-0.2, 0) is 13.5 Å². The van der Waals surface area contributed by atoms with Gasteiger partial charge in [0.15, 0.2) is 0 Å². The number of nitrogens with zero attached hydrogens (tertiary/aromatic N) is 6. The Morgan fingerprint density at radius 2 is 2.08 bits per heavy atom. The van der Waals surface area contributed by atoms with E-state index in [1.54, 1.807) is 44.2 Å². The molecule has 0 bridgehead atoms. The molecule has 1 atom stereocenters. The van der Waals surface area contributed by atoms with Gasteiger partial charge in [-0.05, 0) is 37.3 Å². The number of amides is 2. The molecule has 1 aliphatic heterocycles. The fourth-order valence-corrected chi connectivity index (χ4v) is 3.26. The molecule has 0 spiro atoms. The molecule has 8 nitrogen and oxygen atoms in total. The fraction of sp³-hybridized carbons (Fsp3) is 0.500. The third-order valence-corrected chi connectivity index (χ3v) is 4.59. The molecular weight excluding hydrogens is 332 g/mol. The molecule has 1 saturated heterocycles. The highest BCUT2D eigenvalue weighted by Crippen LogP contribution is 2.21. The van der Waals surface area contributed by atoms with Crippen molar-refractivity contribution in [3.63, 3.8) is 0 Å². The quantitative estimate of drug-likeness (QED) is 0.816. The van der Waals surface area contributed by atoms with E-state index >= 15 is 0 Å². The SMILES string of the molecule is CN(C)C(=O)c1cc(CC2CCCN(C(=O)c3ccn(C)n3)C2)ncn1. The van der Waals surface area contributed by atoms with Crippen LogP contribution in [0.1, 0.15) is 39.5 Å². The molecule has 1 aliphatic rings. The van der Waals surface area contributed by atoms with Crippen LogP contribution in [0.25, 0.3) is 0 Å². The lowest BCUT2D eigenvalue weighted by atomic mass is 9.93.